The number of amides is 1. The molecule has 2 aliphatic carbocycles. The van der Waals surface area contributed by atoms with Crippen LogP contribution in [0.3, 0.4) is 0 Å². The Morgan fingerprint density at radius 3 is 2.50 bits per heavy atom. The van der Waals surface area contributed by atoms with Crippen LogP contribution in [-0.2, 0) is 9.59 Å². The topological polar surface area (TPSA) is 66.4 Å². The normalized spacial score (nSPS) is 30.3. The fraction of sp³-hybridized carbons (Fsp3) is 0.600. The predicted octanol–water partition coefficient (Wildman–Crippen LogP) is 0.542. The number of nitrogens with one attached hydrogen (secondary N) is 1. The first-order valence-electron chi connectivity index (χ1n) is 4.88. The van der Waals surface area contributed by atoms with Gasteiger partial charge in [0, 0.05) is 12.0 Å². The zero-order valence-corrected chi connectivity index (χ0v) is 7.77. The lowest BCUT2D eigenvalue weighted by Gasteiger charge is -2.11. The van der Waals surface area contributed by atoms with Gasteiger partial charge in [0.25, 0.3) is 0 Å². The van der Waals surface area contributed by atoms with E-state index in [-0.39, 0.29) is 17.9 Å². The molecule has 2 rings (SSSR count). The summed E-state index contributed by atoms with van der Waals surface area (Å²) in [5, 5.41) is 11.6. The van der Waals surface area contributed by atoms with Crippen molar-refractivity contribution in [3.63, 3.8) is 0 Å². The molecule has 2 aliphatic rings. The highest BCUT2D eigenvalue weighted by molar-refractivity contribution is 5.81. The second-order valence-electron chi connectivity index (χ2n) is 3.95. The van der Waals surface area contributed by atoms with Gasteiger partial charge < -0.3 is 10.4 Å². The summed E-state index contributed by atoms with van der Waals surface area (Å²) in [6.07, 6.45) is 5.88. The van der Waals surface area contributed by atoms with Crippen molar-refractivity contribution in [3.8, 4) is 0 Å². The number of carboxylic acids is 1. The molecule has 76 valence electrons. The minimum atomic E-state index is -0.815. The third-order valence-corrected chi connectivity index (χ3v) is 2.68. The van der Waals surface area contributed by atoms with Crippen molar-refractivity contribution in [2.75, 3.05) is 0 Å². The van der Waals surface area contributed by atoms with Crippen LogP contribution in [0.4, 0.5) is 0 Å². The minimum Gasteiger partial charge on any atom is -0.481 e. The molecule has 0 aromatic carbocycles. The third kappa shape index (κ3) is 1.95. The zero-order valence-electron chi connectivity index (χ0n) is 7.77. The van der Waals surface area contributed by atoms with E-state index in [0.717, 1.165) is 12.8 Å². The van der Waals surface area contributed by atoms with Crippen LogP contribution in [0.5, 0.6) is 0 Å². The lowest BCUT2D eigenvalue weighted by molar-refractivity contribution is -0.140. The van der Waals surface area contributed by atoms with Crippen molar-refractivity contribution >= 4 is 11.9 Å². The predicted molar refractivity (Wildman–Crippen MR) is 49.5 cm³/mol. The van der Waals surface area contributed by atoms with Gasteiger partial charge in [-0.15, -0.1) is 0 Å². The quantitative estimate of drug-likeness (QED) is 0.646. The van der Waals surface area contributed by atoms with E-state index >= 15 is 0 Å². The molecule has 0 aliphatic heterocycles. The molecule has 0 aromatic heterocycles. The molecule has 0 radical (unpaired) electrons. The molecule has 14 heavy (non-hydrogen) atoms. The van der Waals surface area contributed by atoms with Gasteiger partial charge in [-0.05, 0) is 19.3 Å². The van der Waals surface area contributed by atoms with Crippen molar-refractivity contribution in [2.45, 2.75) is 25.3 Å². The summed E-state index contributed by atoms with van der Waals surface area (Å²) >= 11 is 0. The van der Waals surface area contributed by atoms with E-state index in [9.17, 15) is 9.59 Å². The Morgan fingerprint density at radius 2 is 2.00 bits per heavy atom. The summed E-state index contributed by atoms with van der Waals surface area (Å²) in [5.74, 6) is -0.984. The van der Waals surface area contributed by atoms with Crippen LogP contribution < -0.4 is 5.32 Å². The van der Waals surface area contributed by atoms with E-state index in [1.165, 1.54) is 0 Å². The summed E-state index contributed by atoms with van der Waals surface area (Å²) in [7, 11) is 0. The Balaban J connectivity index is 1.81. The van der Waals surface area contributed by atoms with Gasteiger partial charge in [-0.3, -0.25) is 9.59 Å². The van der Waals surface area contributed by atoms with Gasteiger partial charge in [-0.2, -0.15) is 0 Å². The Morgan fingerprint density at radius 1 is 1.29 bits per heavy atom. The molecule has 0 aromatic rings. The fourth-order valence-electron chi connectivity index (χ4n) is 1.64. The van der Waals surface area contributed by atoms with Crippen LogP contribution in [0.15, 0.2) is 12.2 Å². The van der Waals surface area contributed by atoms with Crippen molar-refractivity contribution in [1.29, 1.82) is 0 Å². The molecule has 2 atom stereocenters. The highest BCUT2D eigenvalue weighted by Gasteiger charge is 2.32. The SMILES string of the molecule is O=C(O)C1C=CC(NC(=O)C2CC2)C1. The zero-order chi connectivity index (χ0) is 10.1. The minimum absolute atomic E-state index is 0.0747. The second kappa shape index (κ2) is 3.44. The molecular weight excluding hydrogens is 182 g/mol. The molecule has 1 amide bonds. The van der Waals surface area contributed by atoms with Gasteiger partial charge >= 0.3 is 5.97 Å². The summed E-state index contributed by atoms with van der Waals surface area (Å²) in [6, 6.07) is -0.0794. The van der Waals surface area contributed by atoms with Gasteiger partial charge in [0.05, 0.1) is 5.92 Å². The maximum atomic E-state index is 11.3. The average molecular weight is 195 g/mol. The number of hydrogen-bond donors (Lipinski definition) is 2. The van der Waals surface area contributed by atoms with Crippen LogP contribution in [0.25, 0.3) is 0 Å². The van der Waals surface area contributed by atoms with Crippen LogP contribution >= 0.6 is 0 Å². The van der Waals surface area contributed by atoms with E-state index in [1.807, 2.05) is 0 Å². The van der Waals surface area contributed by atoms with Crippen molar-refractivity contribution in [1.82, 2.24) is 5.32 Å². The van der Waals surface area contributed by atoms with Crippen LogP contribution in [-0.4, -0.2) is 23.0 Å². The Kier molecular flexibility index (Phi) is 2.27. The highest BCUT2D eigenvalue weighted by Crippen LogP contribution is 2.29. The van der Waals surface area contributed by atoms with Gasteiger partial charge in [-0.25, -0.2) is 0 Å². The van der Waals surface area contributed by atoms with Gasteiger partial charge in [0.2, 0.25) is 5.91 Å². The van der Waals surface area contributed by atoms with Crippen LogP contribution in [0.2, 0.25) is 0 Å². The number of carbonyl (C=O) groups is 2. The molecule has 0 saturated heterocycles. The molecule has 1 fully saturated rings. The number of rotatable bonds is 3. The number of hydrogen-bond acceptors (Lipinski definition) is 2. The highest BCUT2D eigenvalue weighted by atomic mass is 16.4. The summed E-state index contributed by atoms with van der Waals surface area (Å²) in [5.41, 5.74) is 0. The first-order valence-corrected chi connectivity index (χ1v) is 4.88. The molecule has 1 saturated carbocycles. The summed E-state index contributed by atoms with van der Waals surface area (Å²) in [4.78, 5) is 22.0. The molecule has 2 N–H and O–H groups in total. The first-order chi connectivity index (χ1) is 6.66. The summed E-state index contributed by atoms with van der Waals surface area (Å²) in [6.45, 7) is 0. The molecular formula is C10H13NO3. The lowest BCUT2D eigenvalue weighted by Crippen LogP contribution is -2.34. The Bertz CT molecular complexity index is 294. The first kappa shape index (κ1) is 9.24. The number of aliphatic carboxylic acids is 1. The number of carboxylic acid groups (broad SMARTS) is 1. The molecule has 0 bridgehead atoms. The Labute approximate surface area is 82.0 Å². The fourth-order valence-corrected chi connectivity index (χ4v) is 1.64. The standard InChI is InChI=1S/C10H13NO3/c12-9(6-1-2-6)11-8-4-3-7(5-8)10(13)14/h3-4,6-8H,1-2,5H2,(H,11,12)(H,13,14). The largest absolute Gasteiger partial charge is 0.481 e. The van der Waals surface area contributed by atoms with E-state index in [4.69, 9.17) is 5.11 Å². The van der Waals surface area contributed by atoms with Crippen LogP contribution in [0, 0.1) is 11.8 Å². The molecule has 4 nitrogen and oxygen atoms in total. The van der Waals surface area contributed by atoms with E-state index < -0.39 is 11.9 Å². The Hall–Kier alpha value is -1.32. The maximum Gasteiger partial charge on any atom is 0.310 e. The van der Waals surface area contributed by atoms with E-state index in [2.05, 4.69) is 5.32 Å². The smallest absolute Gasteiger partial charge is 0.310 e. The number of carbonyl (C=O) groups excluding carboxylic acids is 1. The van der Waals surface area contributed by atoms with Gasteiger partial charge in [0.15, 0.2) is 0 Å². The monoisotopic (exact) mass is 195 g/mol. The maximum absolute atomic E-state index is 11.3. The van der Waals surface area contributed by atoms with E-state index in [0.29, 0.717) is 6.42 Å². The average Bonchev–Trinajstić information content (AvgIpc) is 2.87. The van der Waals surface area contributed by atoms with E-state index in [1.54, 1.807) is 12.2 Å². The van der Waals surface area contributed by atoms with Crippen molar-refractivity contribution in [3.05, 3.63) is 12.2 Å². The molecule has 4 heteroatoms. The summed E-state index contributed by atoms with van der Waals surface area (Å²) < 4.78 is 0. The second-order valence-corrected chi connectivity index (χ2v) is 3.95. The molecule has 2 unspecified atom stereocenters. The molecule has 0 heterocycles. The molecule has 0 spiro atoms. The third-order valence-electron chi connectivity index (χ3n) is 2.68. The lowest BCUT2D eigenvalue weighted by atomic mass is 10.1. The van der Waals surface area contributed by atoms with Crippen molar-refractivity contribution < 1.29 is 14.7 Å². The van der Waals surface area contributed by atoms with Crippen molar-refractivity contribution in [2.24, 2.45) is 11.8 Å². The van der Waals surface area contributed by atoms with Crippen LogP contribution in [0.1, 0.15) is 19.3 Å². The van der Waals surface area contributed by atoms with Gasteiger partial charge in [-0.1, -0.05) is 12.2 Å². The van der Waals surface area contributed by atoms with Gasteiger partial charge in [0.1, 0.15) is 0 Å².